The molecule has 2 aliphatic carbocycles. The number of aromatic nitrogens is 2. The third-order valence-electron chi connectivity index (χ3n) is 13.7. The van der Waals surface area contributed by atoms with Crippen molar-refractivity contribution in [1.29, 1.82) is 0 Å². The van der Waals surface area contributed by atoms with Gasteiger partial charge in [-0.2, -0.15) is 0 Å². The molecule has 0 N–H and O–H groups in total. The zero-order chi connectivity index (χ0) is 41.0. The second-order valence-corrected chi connectivity index (χ2v) is 17.2. The van der Waals surface area contributed by atoms with E-state index in [1.165, 1.54) is 109 Å². The van der Waals surface area contributed by atoms with E-state index in [2.05, 4.69) is 188 Å². The summed E-state index contributed by atoms with van der Waals surface area (Å²) in [6.45, 7) is 0. The molecule has 1 heterocycles. The topological polar surface area (TPSA) is 25.8 Å². The molecule has 0 aliphatic heterocycles. The van der Waals surface area contributed by atoms with Gasteiger partial charge in [-0.1, -0.05) is 207 Å². The van der Waals surface area contributed by atoms with E-state index < -0.39 is 0 Å². The van der Waals surface area contributed by atoms with E-state index in [1.54, 1.807) is 0 Å². The fourth-order valence-electron chi connectivity index (χ4n) is 10.7. The zero-order valence-electron chi connectivity index (χ0n) is 34.6. The lowest BCUT2D eigenvalue weighted by Crippen LogP contribution is -2.28. The van der Waals surface area contributed by atoms with Gasteiger partial charge in [-0.05, 0) is 108 Å². The Kier molecular flexibility index (Phi) is 8.78. The number of nitrogens with zero attached hydrogens (tertiary/aromatic N) is 2. The summed E-state index contributed by atoms with van der Waals surface area (Å²) in [5, 5.41) is 5.03. The van der Waals surface area contributed by atoms with Crippen LogP contribution in [-0.2, 0) is 5.41 Å². The Labute approximate surface area is 363 Å². The lowest BCUT2D eigenvalue weighted by Gasteiger charge is -2.36. The molecule has 0 unspecified atom stereocenters. The van der Waals surface area contributed by atoms with Crippen molar-refractivity contribution in [2.75, 3.05) is 0 Å². The normalized spacial score (nSPS) is 13.9. The maximum atomic E-state index is 5.24. The van der Waals surface area contributed by atoms with Crippen molar-refractivity contribution in [1.82, 2.24) is 9.97 Å². The SMILES string of the molecule is c1ccc(-c2ccc(-c3cc(-c4ccc(-c5ccc(-c6cccc7c6-c6cc8ccccc8cc6C76CCCCC6)cc5)c5ccccc45)nc(-c4ccccc4)n3)cc2)cc1. The largest absolute Gasteiger partial charge is 0.228 e. The Morgan fingerprint density at radius 3 is 1.60 bits per heavy atom. The summed E-state index contributed by atoms with van der Waals surface area (Å²) < 4.78 is 0. The standard InChI is InChI=1S/C60H44N2/c1-4-15-40(16-5-1)41-25-31-44(32-26-41)56-39-57(62-59(61-56)45-17-6-2-7-18-45)52-34-33-48(50-21-10-11-22-51(50)52)42-27-29-43(30-28-42)49-23-14-24-54-58(49)53-37-46-19-8-9-20-47(46)38-55(53)60(54)35-12-3-13-36-60/h1-2,4-11,14-34,37-39H,3,12-13,35-36H2. The minimum Gasteiger partial charge on any atom is -0.228 e. The summed E-state index contributed by atoms with van der Waals surface area (Å²) in [5.41, 5.74) is 18.3. The molecule has 12 rings (SSSR count). The third-order valence-corrected chi connectivity index (χ3v) is 13.7. The van der Waals surface area contributed by atoms with Gasteiger partial charge >= 0.3 is 0 Å². The van der Waals surface area contributed by atoms with Gasteiger partial charge in [-0.3, -0.25) is 0 Å². The summed E-state index contributed by atoms with van der Waals surface area (Å²) in [5.74, 6) is 0.714. The van der Waals surface area contributed by atoms with Gasteiger partial charge in [0.25, 0.3) is 0 Å². The van der Waals surface area contributed by atoms with Crippen molar-refractivity contribution in [3.63, 3.8) is 0 Å². The molecule has 2 nitrogen and oxygen atoms in total. The lowest BCUT2D eigenvalue weighted by molar-refractivity contribution is 0.353. The highest BCUT2D eigenvalue weighted by Crippen LogP contribution is 2.58. The first-order valence-corrected chi connectivity index (χ1v) is 22.1. The minimum atomic E-state index is 0.100. The Balaban J connectivity index is 0.940. The first-order valence-electron chi connectivity index (χ1n) is 22.1. The number of fused-ring (bicyclic) bond motifs is 7. The first kappa shape index (κ1) is 36.4. The predicted molar refractivity (Wildman–Crippen MR) is 259 cm³/mol. The molecule has 10 aromatic rings. The second-order valence-electron chi connectivity index (χ2n) is 17.2. The van der Waals surface area contributed by atoms with Crippen LogP contribution in [0.2, 0.25) is 0 Å². The molecule has 0 radical (unpaired) electrons. The number of benzene rings is 9. The van der Waals surface area contributed by atoms with Crippen molar-refractivity contribution in [3.05, 3.63) is 217 Å². The minimum absolute atomic E-state index is 0.100. The van der Waals surface area contributed by atoms with Gasteiger partial charge in [0.05, 0.1) is 11.4 Å². The van der Waals surface area contributed by atoms with E-state index in [-0.39, 0.29) is 5.41 Å². The van der Waals surface area contributed by atoms with Crippen LogP contribution in [0.1, 0.15) is 43.2 Å². The number of hydrogen-bond donors (Lipinski definition) is 0. The molecule has 1 spiro atoms. The fraction of sp³-hybridized carbons (Fsp3) is 0.100. The van der Waals surface area contributed by atoms with Crippen LogP contribution in [0.4, 0.5) is 0 Å². The molecule has 0 atom stereocenters. The fourth-order valence-corrected chi connectivity index (χ4v) is 10.7. The second kappa shape index (κ2) is 14.9. The highest BCUT2D eigenvalue weighted by Gasteiger charge is 2.44. The van der Waals surface area contributed by atoms with Crippen molar-refractivity contribution in [2.24, 2.45) is 0 Å². The molecule has 1 fully saturated rings. The summed E-state index contributed by atoms with van der Waals surface area (Å²) in [7, 11) is 0. The quantitative estimate of drug-likeness (QED) is 0.168. The first-order chi connectivity index (χ1) is 30.7. The maximum Gasteiger partial charge on any atom is 0.160 e. The molecule has 2 aliphatic rings. The molecule has 62 heavy (non-hydrogen) atoms. The van der Waals surface area contributed by atoms with Gasteiger partial charge in [0.15, 0.2) is 5.82 Å². The van der Waals surface area contributed by atoms with Gasteiger partial charge < -0.3 is 0 Å². The molecule has 0 saturated heterocycles. The van der Waals surface area contributed by atoms with E-state index in [4.69, 9.17) is 9.97 Å². The average molecular weight is 793 g/mol. The Morgan fingerprint density at radius 1 is 0.323 bits per heavy atom. The maximum absolute atomic E-state index is 5.24. The Morgan fingerprint density at radius 2 is 0.871 bits per heavy atom. The van der Waals surface area contributed by atoms with E-state index in [9.17, 15) is 0 Å². The lowest BCUT2D eigenvalue weighted by atomic mass is 9.67. The molecule has 0 bridgehead atoms. The van der Waals surface area contributed by atoms with Crippen molar-refractivity contribution < 1.29 is 0 Å². The molecule has 294 valence electrons. The summed E-state index contributed by atoms with van der Waals surface area (Å²) >= 11 is 0. The van der Waals surface area contributed by atoms with Gasteiger partial charge in [-0.15, -0.1) is 0 Å². The highest BCUT2D eigenvalue weighted by atomic mass is 14.9. The van der Waals surface area contributed by atoms with E-state index >= 15 is 0 Å². The Hall–Kier alpha value is -7.42. The summed E-state index contributed by atoms with van der Waals surface area (Å²) in [4.78, 5) is 10.4. The van der Waals surface area contributed by atoms with Crippen LogP contribution in [-0.4, -0.2) is 9.97 Å². The van der Waals surface area contributed by atoms with Crippen LogP contribution in [0, 0.1) is 0 Å². The predicted octanol–water partition coefficient (Wildman–Crippen LogP) is 16.0. The van der Waals surface area contributed by atoms with Gasteiger partial charge in [0.2, 0.25) is 0 Å². The van der Waals surface area contributed by atoms with Crippen LogP contribution < -0.4 is 0 Å². The van der Waals surface area contributed by atoms with Crippen LogP contribution in [0.25, 0.3) is 100.0 Å². The smallest absolute Gasteiger partial charge is 0.160 e. The van der Waals surface area contributed by atoms with Crippen molar-refractivity contribution in [3.8, 4) is 78.4 Å². The average Bonchev–Trinajstić information content (AvgIpc) is 3.60. The van der Waals surface area contributed by atoms with Crippen LogP contribution in [0.3, 0.4) is 0 Å². The van der Waals surface area contributed by atoms with Gasteiger partial charge in [-0.25, -0.2) is 9.97 Å². The summed E-state index contributed by atoms with van der Waals surface area (Å²) in [6, 6.07) is 75.3. The molecule has 9 aromatic carbocycles. The van der Waals surface area contributed by atoms with Crippen LogP contribution in [0.5, 0.6) is 0 Å². The molecule has 2 heteroatoms. The van der Waals surface area contributed by atoms with E-state index in [0.29, 0.717) is 5.82 Å². The molecule has 1 aromatic heterocycles. The molecular formula is C60H44N2. The molecule has 1 saturated carbocycles. The zero-order valence-corrected chi connectivity index (χ0v) is 34.6. The monoisotopic (exact) mass is 792 g/mol. The highest BCUT2D eigenvalue weighted by molar-refractivity contribution is 6.05. The summed E-state index contributed by atoms with van der Waals surface area (Å²) in [6.07, 6.45) is 6.35. The van der Waals surface area contributed by atoms with Crippen molar-refractivity contribution in [2.45, 2.75) is 37.5 Å². The van der Waals surface area contributed by atoms with Crippen molar-refractivity contribution >= 4 is 21.5 Å². The van der Waals surface area contributed by atoms with E-state index in [0.717, 1.165) is 28.1 Å². The molecular weight excluding hydrogens is 749 g/mol. The van der Waals surface area contributed by atoms with Crippen LogP contribution in [0.15, 0.2) is 206 Å². The molecule has 0 amide bonds. The number of rotatable bonds is 6. The van der Waals surface area contributed by atoms with Gasteiger partial charge in [0.1, 0.15) is 0 Å². The third kappa shape index (κ3) is 6.09. The number of hydrogen-bond acceptors (Lipinski definition) is 2. The van der Waals surface area contributed by atoms with E-state index in [1.807, 2.05) is 18.2 Å². The Bertz CT molecular complexity index is 3290. The van der Waals surface area contributed by atoms with Crippen LogP contribution >= 0.6 is 0 Å². The van der Waals surface area contributed by atoms with Gasteiger partial charge in [0, 0.05) is 22.1 Å².